The summed E-state index contributed by atoms with van der Waals surface area (Å²) in [5.74, 6) is 0.723. The highest BCUT2D eigenvalue weighted by molar-refractivity contribution is 6.02. The van der Waals surface area contributed by atoms with Gasteiger partial charge in [-0.05, 0) is 37.1 Å². The van der Waals surface area contributed by atoms with Crippen molar-refractivity contribution >= 4 is 11.8 Å². The number of rotatable bonds is 0. The summed E-state index contributed by atoms with van der Waals surface area (Å²) in [6.45, 7) is 4.45. The molecule has 30 heavy (non-hydrogen) atoms. The Morgan fingerprint density at radius 3 is 2.13 bits per heavy atom. The molecule has 5 aliphatic heterocycles. The van der Waals surface area contributed by atoms with Crippen LogP contribution in [-0.2, 0) is 11.1 Å². The number of nitrogens with zero attached hydrogens (tertiary/aromatic N) is 2. The van der Waals surface area contributed by atoms with Crippen molar-refractivity contribution in [2.45, 2.75) is 31.0 Å². The van der Waals surface area contributed by atoms with Crippen molar-refractivity contribution in [3.8, 4) is 0 Å². The molecule has 2 bridgehead atoms. The molecule has 6 aliphatic rings. The maximum atomic E-state index is 13.5. The molecule has 0 saturated carbocycles. The van der Waals surface area contributed by atoms with Crippen molar-refractivity contribution in [3.63, 3.8) is 0 Å². The van der Waals surface area contributed by atoms with E-state index in [0.717, 1.165) is 22.3 Å². The molecule has 1 saturated heterocycles. The van der Waals surface area contributed by atoms with Gasteiger partial charge in [0.05, 0.1) is 17.1 Å². The van der Waals surface area contributed by atoms with Gasteiger partial charge in [-0.2, -0.15) is 0 Å². The predicted molar refractivity (Wildman–Crippen MR) is 112 cm³/mol. The van der Waals surface area contributed by atoms with Crippen LogP contribution in [0, 0.1) is 17.8 Å². The molecule has 6 atom stereocenters. The van der Waals surface area contributed by atoms with Crippen LogP contribution >= 0.6 is 0 Å². The highest BCUT2D eigenvalue weighted by Crippen LogP contribution is 2.64. The van der Waals surface area contributed by atoms with E-state index < -0.39 is 11.1 Å². The lowest BCUT2D eigenvalue weighted by molar-refractivity contribution is -0.0922. The molecule has 0 spiro atoms. The maximum absolute atomic E-state index is 13.5. The molecule has 0 aromatic heterocycles. The average molecular weight is 394 g/mol. The summed E-state index contributed by atoms with van der Waals surface area (Å²) in [7, 11) is 0. The van der Waals surface area contributed by atoms with Crippen LogP contribution in [0.3, 0.4) is 0 Å². The quantitative estimate of drug-likeness (QED) is 0.633. The Balaban J connectivity index is 1.50. The molecule has 2 aromatic carbocycles. The molecule has 2 aromatic rings. The normalized spacial score (nSPS) is 39.0. The number of fused-ring (bicyclic) bond motifs is 4. The standard InChI is InChI=1S/C26H22N2O2/c1-25-18-9-5-4-8-16(18)24(30)28(25)21-12-11-20(25)22-17(21)13-14-27-23(29)15-7-3-6-10-19(15)26(22,27)2/h3-14,17,20-22H,1-2H3/t17-,20?,21?,22-,25+,26+/m0/s1. The molecule has 1 fully saturated rings. The first kappa shape index (κ1) is 16.6. The SMILES string of the molecule is C[C@]12c3ccccc3C(=O)N1C1C=CC2[C@@H]2[C@H]1C=CN1C(=O)c3ccccc3[C@]21C. The third kappa shape index (κ3) is 1.51. The van der Waals surface area contributed by atoms with E-state index in [-0.39, 0.29) is 35.6 Å². The molecular weight excluding hydrogens is 372 g/mol. The van der Waals surface area contributed by atoms with E-state index in [1.807, 2.05) is 47.5 Å². The van der Waals surface area contributed by atoms with Gasteiger partial charge in [0.15, 0.2) is 0 Å². The van der Waals surface area contributed by atoms with Crippen LogP contribution in [-0.4, -0.2) is 27.7 Å². The van der Waals surface area contributed by atoms with Gasteiger partial charge in [-0.1, -0.05) is 54.6 Å². The molecule has 4 nitrogen and oxygen atoms in total. The van der Waals surface area contributed by atoms with E-state index in [9.17, 15) is 9.59 Å². The monoisotopic (exact) mass is 394 g/mol. The van der Waals surface area contributed by atoms with Crippen molar-refractivity contribution in [3.05, 3.63) is 95.2 Å². The average Bonchev–Trinajstić information content (AvgIpc) is 3.16. The van der Waals surface area contributed by atoms with Crippen molar-refractivity contribution < 1.29 is 9.59 Å². The van der Waals surface area contributed by atoms with E-state index >= 15 is 0 Å². The maximum Gasteiger partial charge on any atom is 0.258 e. The number of carbonyl (C=O) groups excluding carboxylic acids is 2. The zero-order valence-electron chi connectivity index (χ0n) is 16.9. The van der Waals surface area contributed by atoms with Crippen molar-refractivity contribution in [2.24, 2.45) is 17.8 Å². The molecule has 8 rings (SSSR count). The lowest BCUT2D eigenvalue weighted by Gasteiger charge is -2.64. The predicted octanol–water partition coefficient (Wildman–Crippen LogP) is 4.06. The Kier molecular flexibility index (Phi) is 2.74. The number of hydrogen-bond donors (Lipinski definition) is 0. The van der Waals surface area contributed by atoms with Crippen LogP contribution in [0.4, 0.5) is 0 Å². The molecule has 0 radical (unpaired) electrons. The highest BCUT2D eigenvalue weighted by atomic mass is 16.2. The van der Waals surface area contributed by atoms with Gasteiger partial charge in [0.25, 0.3) is 11.8 Å². The Morgan fingerprint density at radius 1 is 0.767 bits per heavy atom. The molecule has 2 unspecified atom stereocenters. The van der Waals surface area contributed by atoms with Crippen molar-refractivity contribution in [1.29, 1.82) is 0 Å². The smallest absolute Gasteiger partial charge is 0.258 e. The minimum absolute atomic E-state index is 0.00277. The van der Waals surface area contributed by atoms with Crippen LogP contribution in [0.15, 0.2) is 73.0 Å². The Hall–Kier alpha value is -3.14. The molecule has 5 heterocycles. The fourth-order valence-corrected chi connectivity index (χ4v) is 7.38. The first-order chi connectivity index (χ1) is 14.5. The largest absolute Gasteiger partial charge is 0.321 e. The van der Waals surface area contributed by atoms with E-state index in [0.29, 0.717) is 0 Å². The van der Waals surface area contributed by atoms with Crippen LogP contribution in [0.2, 0.25) is 0 Å². The van der Waals surface area contributed by atoms with Gasteiger partial charge in [-0.15, -0.1) is 0 Å². The second-order valence-electron chi connectivity index (χ2n) is 9.58. The fourth-order valence-electron chi connectivity index (χ4n) is 7.38. The first-order valence-corrected chi connectivity index (χ1v) is 10.7. The van der Waals surface area contributed by atoms with Gasteiger partial charge in [0, 0.05) is 35.1 Å². The lowest BCUT2D eigenvalue weighted by atomic mass is 9.52. The summed E-state index contributed by atoms with van der Waals surface area (Å²) in [5.41, 5.74) is 3.05. The Morgan fingerprint density at radius 2 is 1.40 bits per heavy atom. The molecule has 148 valence electrons. The Bertz CT molecular complexity index is 1230. The number of amides is 2. The van der Waals surface area contributed by atoms with Gasteiger partial charge in [0.2, 0.25) is 0 Å². The number of benzene rings is 2. The first-order valence-electron chi connectivity index (χ1n) is 10.7. The van der Waals surface area contributed by atoms with Crippen molar-refractivity contribution in [1.82, 2.24) is 9.80 Å². The molecule has 1 aliphatic carbocycles. The van der Waals surface area contributed by atoms with Gasteiger partial charge in [0.1, 0.15) is 0 Å². The zero-order chi connectivity index (χ0) is 20.4. The summed E-state index contributed by atoms with van der Waals surface area (Å²) in [5, 5.41) is 0. The van der Waals surface area contributed by atoms with Gasteiger partial charge >= 0.3 is 0 Å². The topological polar surface area (TPSA) is 40.6 Å². The summed E-state index contributed by atoms with van der Waals surface area (Å²) in [4.78, 5) is 30.8. The number of carbonyl (C=O) groups is 2. The lowest BCUT2D eigenvalue weighted by Crippen LogP contribution is -2.69. The minimum atomic E-state index is -0.420. The summed E-state index contributed by atoms with van der Waals surface area (Å²) in [6, 6.07) is 16.1. The highest BCUT2D eigenvalue weighted by Gasteiger charge is 2.68. The summed E-state index contributed by atoms with van der Waals surface area (Å²) < 4.78 is 0. The van der Waals surface area contributed by atoms with E-state index in [2.05, 4.69) is 49.1 Å². The van der Waals surface area contributed by atoms with Crippen LogP contribution in [0.1, 0.15) is 45.7 Å². The minimum Gasteiger partial charge on any atom is -0.321 e. The summed E-state index contributed by atoms with van der Waals surface area (Å²) >= 11 is 0. The van der Waals surface area contributed by atoms with Gasteiger partial charge < -0.3 is 9.80 Å². The zero-order valence-corrected chi connectivity index (χ0v) is 16.9. The molecule has 2 amide bonds. The third-order valence-electron chi connectivity index (χ3n) is 8.61. The van der Waals surface area contributed by atoms with Gasteiger partial charge in [-0.25, -0.2) is 0 Å². The molecule has 4 heteroatoms. The third-order valence-corrected chi connectivity index (χ3v) is 8.61. The van der Waals surface area contributed by atoms with Crippen LogP contribution < -0.4 is 0 Å². The van der Waals surface area contributed by atoms with E-state index in [4.69, 9.17) is 0 Å². The van der Waals surface area contributed by atoms with Gasteiger partial charge in [-0.3, -0.25) is 9.59 Å². The molecule has 0 N–H and O–H groups in total. The molecular formula is C26H22N2O2. The van der Waals surface area contributed by atoms with E-state index in [1.54, 1.807) is 0 Å². The Labute approximate surface area is 175 Å². The fraction of sp³-hybridized carbons (Fsp3) is 0.308. The van der Waals surface area contributed by atoms with Crippen molar-refractivity contribution in [2.75, 3.05) is 0 Å². The number of piperidine rings is 1. The van der Waals surface area contributed by atoms with Crippen LogP contribution in [0.5, 0.6) is 0 Å². The number of hydrogen-bond acceptors (Lipinski definition) is 2. The summed E-state index contributed by atoms with van der Waals surface area (Å²) in [6.07, 6.45) is 8.70. The van der Waals surface area contributed by atoms with Crippen LogP contribution in [0.25, 0.3) is 0 Å². The second kappa shape index (κ2) is 4.94. The second-order valence-corrected chi connectivity index (χ2v) is 9.58. The van der Waals surface area contributed by atoms with E-state index in [1.165, 1.54) is 0 Å².